The summed E-state index contributed by atoms with van der Waals surface area (Å²) in [6.07, 6.45) is 0.569. The molecule has 0 bridgehead atoms. The lowest BCUT2D eigenvalue weighted by atomic mass is 9.95. The van der Waals surface area contributed by atoms with Crippen LogP contribution < -0.4 is 16.0 Å². The van der Waals surface area contributed by atoms with Crippen molar-refractivity contribution in [3.63, 3.8) is 0 Å². The summed E-state index contributed by atoms with van der Waals surface area (Å²) in [5.41, 5.74) is 1.17. The van der Waals surface area contributed by atoms with Crippen molar-refractivity contribution in [3.05, 3.63) is 16.0 Å². The second kappa shape index (κ2) is 7.57. The summed E-state index contributed by atoms with van der Waals surface area (Å²) in [4.78, 5) is 48.7. The number of hydrogen-bond acceptors (Lipinski definition) is 5. The predicted octanol–water partition coefficient (Wildman–Crippen LogP) is 1.81. The monoisotopic (exact) mass is 379 g/mol. The molecule has 3 N–H and O–H groups in total. The molecule has 1 unspecified atom stereocenters. The molecule has 0 spiro atoms. The lowest BCUT2D eigenvalue weighted by Crippen LogP contribution is -2.52. The standard InChI is InChI=1S/C18H25N3O4S/c1-9-10(2)26-16(21-17(25)18(3,4)5)11(9)8-14(23)19-12-6-7-13(22)20-15(12)24/h12H,6-8H2,1-5H3,(H,19,23)(H,21,25)(H,20,22,24). The fraction of sp³-hybridized carbons (Fsp3) is 0.556. The van der Waals surface area contributed by atoms with Crippen LogP contribution in [0.15, 0.2) is 0 Å². The average molecular weight is 379 g/mol. The minimum atomic E-state index is -0.701. The van der Waals surface area contributed by atoms with Crippen LogP contribution in [0.25, 0.3) is 0 Å². The van der Waals surface area contributed by atoms with Crippen LogP contribution in [-0.2, 0) is 25.6 Å². The normalized spacial score (nSPS) is 17.7. The van der Waals surface area contributed by atoms with Gasteiger partial charge in [0.15, 0.2) is 0 Å². The predicted molar refractivity (Wildman–Crippen MR) is 99.9 cm³/mol. The maximum Gasteiger partial charge on any atom is 0.249 e. The van der Waals surface area contributed by atoms with Crippen LogP contribution in [0.4, 0.5) is 5.00 Å². The molecule has 142 valence electrons. The van der Waals surface area contributed by atoms with Gasteiger partial charge in [0.05, 0.1) is 11.4 Å². The molecule has 0 aliphatic carbocycles. The minimum Gasteiger partial charge on any atom is -0.344 e. The Hall–Kier alpha value is -2.22. The van der Waals surface area contributed by atoms with Crippen LogP contribution >= 0.6 is 11.3 Å². The number of carbonyl (C=O) groups excluding carboxylic acids is 4. The molecular weight excluding hydrogens is 354 g/mol. The molecular formula is C18H25N3O4S. The lowest BCUT2D eigenvalue weighted by Gasteiger charge is -2.22. The average Bonchev–Trinajstić information content (AvgIpc) is 2.77. The summed E-state index contributed by atoms with van der Waals surface area (Å²) >= 11 is 1.44. The molecule has 0 radical (unpaired) electrons. The smallest absolute Gasteiger partial charge is 0.249 e. The van der Waals surface area contributed by atoms with Crippen LogP contribution in [-0.4, -0.2) is 29.7 Å². The fourth-order valence-corrected chi connectivity index (χ4v) is 3.59. The van der Waals surface area contributed by atoms with Crippen molar-refractivity contribution in [2.75, 3.05) is 5.32 Å². The molecule has 2 rings (SSSR count). The van der Waals surface area contributed by atoms with Gasteiger partial charge in [-0.15, -0.1) is 11.3 Å². The first-order valence-electron chi connectivity index (χ1n) is 8.52. The maximum absolute atomic E-state index is 12.4. The van der Waals surface area contributed by atoms with Gasteiger partial charge in [-0.1, -0.05) is 20.8 Å². The zero-order valence-electron chi connectivity index (χ0n) is 15.7. The number of imide groups is 1. The lowest BCUT2D eigenvalue weighted by molar-refractivity contribution is -0.137. The summed E-state index contributed by atoms with van der Waals surface area (Å²) in [6, 6.07) is -0.701. The summed E-state index contributed by atoms with van der Waals surface area (Å²) in [7, 11) is 0. The Labute approximate surface area is 156 Å². The third-order valence-electron chi connectivity index (χ3n) is 4.33. The largest absolute Gasteiger partial charge is 0.344 e. The molecule has 26 heavy (non-hydrogen) atoms. The van der Waals surface area contributed by atoms with Crippen molar-refractivity contribution in [3.8, 4) is 0 Å². The van der Waals surface area contributed by atoms with E-state index in [4.69, 9.17) is 0 Å². The summed E-state index contributed by atoms with van der Waals surface area (Å²) < 4.78 is 0. The number of nitrogens with one attached hydrogen (secondary N) is 3. The molecule has 4 amide bonds. The van der Waals surface area contributed by atoms with E-state index in [9.17, 15) is 19.2 Å². The molecule has 0 aromatic carbocycles. The van der Waals surface area contributed by atoms with Crippen molar-refractivity contribution >= 4 is 40.0 Å². The van der Waals surface area contributed by atoms with E-state index >= 15 is 0 Å². The molecule has 1 saturated heterocycles. The fourth-order valence-electron chi connectivity index (χ4n) is 2.52. The molecule has 7 nitrogen and oxygen atoms in total. The van der Waals surface area contributed by atoms with Crippen LogP contribution in [0.3, 0.4) is 0 Å². The highest BCUT2D eigenvalue weighted by atomic mass is 32.1. The minimum absolute atomic E-state index is 0.0632. The molecule has 1 aliphatic rings. The van der Waals surface area contributed by atoms with E-state index in [0.717, 1.165) is 16.0 Å². The number of piperidine rings is 1. The van der Waals surface area contributed by atoms with Gasteiger partial charge in [-0.25, -0.2) is 0 Å². The summed E-state index contributed by atoms with van der Waals surface area (Å²) in [5.74, 6) is -1.23. The second-order valence-corrected chi connectivity index (χ2v) is 8.77. The van der Waals surface area contributed by atoms with Crippen molar-refractivity contribution < 1.29 is 19.2 Å². The molecule has 1 aromatic rings. The topological polar surface area (TPSA) is 104 Å². The summed E-state index contributed by atoms with van der Waals surface area (Å²) in [5, 5.41) is 8.47. The molecule has 0 saturated carbocycles. The SMILES string of the molecule is Cc1sc(NC(=O)C(C)(C)C)c(CC(=O)NC2CCC(=O)NC2=O)c1C. The van der Waals surface area contributed by atoms with Crippen molar-refractivity contribution in [1.82, 2.24) is 10.6 Å². The van der Waals surface area contributed by atoms with Gasteiger partial charge in [-0.2, -0.15) is 0 Å². The number of amides is 4. The van der Waals surface area contributed by atoms with Crippen molar-refractivity contribution in [1.29, 1.82) is 0 Å². The van der Waals surface area contributed by atoms with Crippen molar-refractivity contribution in [2.24, 2.45) is 5.41 Å². The van der Waals surface area contributed by atoms with Gasteiger partial charge in [0.1, 0.15) is 6.04 Å². The van der Waals surface area contributed by atoms with E-state index in [1.165, 1.54) is 11.3 Å². The molecule has 1 atom stereocenters. The number of thiophene rings is 1. The Balaban J connectivity index is 2.11. The number of anilines is 1. The molecule has 1 fully saturated rings. The van der Waals surface area contributed by atoms with Gasteiger partial charge in [0.25, 0.3) is 0 Å². The van der Waals surface area contributed by atoms with Gasteiger partial charge in [0.2, 0.25) is 23.6 Å². The van der Waals surface area contributed by atoms with Crippen molar-refractivity contribution in [2.45, 2.75) is 59.9 Å². The molecule has 2 heterocycles. The molecule has 8 heteroatoms. The number of hydrogen-bond donors (Lipinski definition) is 3. The van der Waals surface area contributed by atoms with Gasteiger partial charge in [-0.05, 0) is 31.4 Å². The second-order valence-electron chi connectivity index (χ2n) is 7.54. The van der Waals surface area contributed by atoms with Crippen LogP contribution in [0, 0.1) is 19.3 Å². The Morgan fingerprint density at radius 1 is 1.23 bits per heavy atom. The Morgan fingerprint density at radius 2 is 1.88 bits per heavy atom. The third-order valence-corrected chi connectivity index (χ3v) is 5.49. The Morgan fingerprint density at radius 3 is 2.46 bits per heavy atom. The zero-order valence-corrected chi connectivity index (χ0v) is 16.6. The van der Waals surface area contributed by atoms with Gasteiger partial charge >= 0.3 is 0 Å². The quantitative estimate of drug-likeness (QED) is 0.694. The van der Waals surface area contributed by atoms with Gasteiger partial charge in [0, 0.05) is 16.7 Å². The highest BCUT2D eigenvalue weighted by molar-refractivity contribution is 7.16. The number of carbonyl (C=O) groups is 4. The van der Waals surface area contributed by atoms with Gasteiger partial charge in [-0.3, -0.25) is 24.5 Å². The number of rotatable bonds is 4. The zero-order chi connectivity index (χ0) is 19.6. The Bertz CT molecular complexity index is 761. The van der Waals surface area contributed by atoms with Crippen LogP contribution in [0.1, 0.15) is 49.6 Å². The van der Waals surface area contributed by atoms with E-state index in [-0.39, 0.29) is 30.6 Å². The first-order chi connectivity index (χ1) is 12.0. The van der Waals surface area contributed by atoms with E-state index in [2.05, 4.69) is 16.0 Å². The maximum atomic E-state index is 12.4. The third kappa shape index (κ3) is 4.69. The van der Waals surface area contributed by atoms with Crippen LogP contribution in [0.5, 0.6) is 0 Å². The highest BCUT2D eigenvalue weighted by Gasteiger charge is 2.29. The van der Waals surface area contributed by atoms with E-state index in [1.54, 1.807) is 0 Å². The van der Waals surface area contributed by atoms with Crippen LogP contribution in [0.2, 0.25) is 0 Å². The summed E-state index contributed by atoms with van der Waals surface area (Å²) in [6.45, 7) is 9.32. The van der Waals surface area contributed by atoms with E-state index in [1.807, 2.05) is 34.6 Å². The number of aryl methyl sites for hydroxylation is 1. The van der Waals surface area contributed by atoms with Gasteiger partial charge < -0.3 is 10.6 Å². The molecule has 1 aromatic heterocycles. The first kappa shape index (κ1) is 20.1. The molecule has 1 aliphatic heterocycles. The van der Waals surface area contributed by atoms with E-state index < -0.39 is 17.4 Å². The first-order valence-corrected chi connectivity index (χ1v) is 9.34. The Kier molecular flexibility index (Phi) is 5.85. The highest BCUT2D eigenvalue weighted by Crippen LogP contribution is 2.34. The van der Waals surface area contributed by atoms with E-state index in [0.29, 0.717) is 11.4 Å².